The van der Waals surface area contributed by atoms with Crippen LogP contribution in [0.1, 0.15) is 30.5 Å². The molecule has 2 rings (SSSR count). The van der Waals surface area contributed by atoms with Crippen molar-refractivity contribution in [3.63, 3.8) is 0 Å². The first-order valence-electron chi connectivity index (χ1n) is 5.66. The molecule has 86 valence electrons. The van der Waals surface area contributed by atoms with Crippen molar-refractivity contribution in [2.24, 2.45) is 0 Å². The molecule has 1 unspecified atom stereocenters. The van der Waals surface area contributed by atoms with Gasteiger partial charge in [0, 0.05) is 11.6 Å². The van der Waals surface area contributed by atoms with Gasteiger partial charge in [-0.15, -0.1) is 0 Å². The summed E-state index contributed by atoms with van der Waals surface area (Å²) in [5.74, 6) is 0. The fraction of sp³-hybridized carbons (Fsp3) is 0.385. The second-order valence-electron chi connectivity index (χ2n) is 3.84. The van der Waals surface area contributed by atoms with E-state index in [9.17, 15) is 0 Å². The average Bonchev–Trinajstić information content (AvgIpc) is 2.96. The van der Waals surface area contributed by atoms with E-state index in [2.05, 4.69) is 29.1 Å². The number of aryl methyl sites for hydroxylation is 1. The molecule has 0 saturated carbocycles. The monoisotopic (exact) mass is 235 g/mol. The van der Waals surface area contributed by atoms with Crippen LogP contribution in [0.25, 0.3) is 0 Å². The van der Waals surface area contributed by atoms with Crippen LogP contribution in [-0.2, 0) is 6.42 Å². The molecule has 1 N–H and O–H groups in total. The summed E-state index contributed by atoms with van der Waals surface area (Å²) in [7, 11) is 0. The van der Waals surface area contributed by atoms with Crippen molar-refractivity contribution >= 4 is 11.3 Å². The van der Waals surface area contributed by atoms with Crippen molar-refractivity contribution in [3.05, 3.63) is 46.5 Å². The van der Waals surface area contributed by atoms with E-state index in [1.807, 2.05) is 12.3 Å². The fourth-order valence-electron chi connectivity index (χ4n) is 1.85. The molecule has 3 heteroatoms. The summed E-state index contributed by atoms with van der Waals surface area (Å²) >= 11 is 1.76. The van der Waals surface area contributed by atoms with Gasteiger partial charge in [-0.3, -0.25) is 0 Å². The summed E-state index contributed by atoms with van der Waals surface area (Å²) in [5, 5.41) is 7.85. The Morgan fingerprint density at radius 3 is 3.00 bits per heavy atom. The Bertz CT molecular complexity index is 380. The highest BCUT2D eigenvalue weighted by atomic mass is 32.1. The molecule has 2 heterocycles. The van der Waals surface area contributed by atoms with Crippen LogP contribution < -0.4 is 5.32 Å². The van der Waals surface area contributed by atoms with Gasteiger partial charge in [-0.1, -0.05) is 6.92 Å². The standard InChI is InChI=1S/C13H17NOS/c1-2-14-13(12-5-7-15-9-12)4-3-11-6-8-16-10-11/h5-10,13-14H,2-4H2,1H3. The third kappa shape index (κ3) is 2.97. The summed E-state index contributed by atoms with van der Waals surface area (Å²) in [6, 6.07) is 4.65. The van der Waals surface area contributed by atoms with Crippen molar-refractivity contribution in [1.82, 2.24) is 5.32 Å². The number of thiophene rings is 1. The SMILES string of the molecule is CCNC(CCc1ccsc1)c1ccoc1. The van der Waals surface area contributed by atoms with Gasteiger partial charge in [0.1, 0.15) is 0 Å². The molecule has 0 aliphatic carbocycles. The van der Waals surface area contributed by atoms with E-state index in [4.69, 9.17) is 4.42 Å². The molecule has 2 aromatic rings. The molecule has 0 radical (unpaired) electrons. The average molecular weight is 235 g/mol. The second kappa shape index (κ2) is 5.87. The molecule has 0 spiro atoms. The van der Waals surface area contributed by atoms with Gasteiger partial charge in [0.2, 0.25) is 0 Å². The van der Waals surface area contributed by atoms with Gasteiger partial charge < -0.3 is 9.73 Å². The first-order valence-corrected chi connectivity index (χ1v) is 6.61. The van der Waals surface area contributed by atoms with E-state index < -0.39 is 0 Å². The maximum Gasteiger partial charge on any atom is 0.0950 e. The number of rotatable bonds is 6. The van der Waals surface area contributed by atoms with Crippen molar-refractivity contribution in [1.29, 1.82) is 0 Å². The quantitative estimate of drug-likeness (QED) is 0.827. The zero-order chi connectivity index (χ0) is 11.2. The molecule has 0 aliphatic rings. The first kappa shape index (κ1) is 11.4. The summed E-state index contributed by atoms with van der Waals surface area (Å²) in [5.41, 5.74) is 2.67. The van der Waals surface area contributed by atoms with Crippen LogP contribution in [0.4, 0.5) is 0 Å². The Morgan fingerprint density at radius 1 is 1.44 bits per heavy atom. The summed E-state index contributed by atoms with van der Waals surface area (Å²) in [6.45, 7) is 3.12. The van der Waals surface area contributed by atoms with Crippen molar-refractivity contribution in [2.75, 3.05) is 6.54 Å². The largest absolute Gasteiger partial charge is 0.472 e. The fourth-order valence-corrected chi connectivity index (χ4v) is 2.56. The normalized spacial score (nSPS) is 12.8. The van der Waals surface area contributed by atoms with Gasteiger partial charge in [-0.05, 0) is 47.8 Å². The maximum atomic E-state index is 5.14. The number of furan rings is 1. The van der Waals surface area contributed by atoms with E-state index in [0.29, 0.717) is 6.04 Å². The van der Waals surface area contributed by atoms with E-state index in [1.54, 1.807) is 17.6 Å². The van der Waals surface area contributed by atoms with Gasteiger partial charge >= 0.3 is 0 Å². The van der Waals surface area contributed by atoms with Crippen LogP contribution in [0, 0.1) is 0 Å². The Labute approximate surface area is 100 Å². The third-order valence-electron chi connectivity index (χ3n) is 2.70. The lowest BCUT2D eigenvalue weighted by molar-refractivity contribution is 0.501. The van der Waals surface area contributed by atoms with Crippen LogP contribution in [0.2, 0.25) is 0 Å². The smallest absolute Gasteiger partial charge is 0.0950 e. The molecule has 0 saturated heterocycles. The Balaban J connectivity index is 1.93. The van der Waals surface area contributed by atoms with Crippen LogP contribution in [0.15, 0.2) is 39.8 Å². The lowest BCUT2D eigenvalue weighted by Crippen LogP contribution is -2.20. The highest BCUT2D eigenvalue weighted by Gasteiger charge is 2.11. The van der Waals surface area contributed by atoms with E-state index >= 15 is 0 Å². The summed E-state index contributed by atoms with van der Waals surface area (Å²) < 4.78 is 5.14. The van der Waals surface area contributed by atoms with Crippen LogP contribution in [0.3, 0.4) is 0 Å². The van der Waals surface area contributed by atoms with Gasteiger partial charge in [-0.2, -0.15) is 11.3 Å². The molecule has 2 aromatic heterocycles. The van der Waals surface area contributed by atoms with E-state index in [1.165, 1.54) is 11.1 Å². The lowest BCUT2D eigenvalue weighted by atomic mass is 10.0. The molecular formula is C13H17NOS. The van der Waals surface area contributed by atoms with E-state index in [-0.39, 0.29) is 0 Å². The van der Waals surface area contributed by atoms with Gasteiger partial charge in [0.25, 0.3) is 0 Å². The molecule has 0 aliphatic heterocycles. The summed E-state index contributed by atoms with van der Waals surface area (Å²) in [6.07, 6.45) is 5.81. The lowest BCUT2D eigenvalue weighted by Gasteiger charge is -2.15. The van der Waals surface area contributed by atoms with Gasteiger partial charge in [-0.25, -0.2) is 0 Å². The highest BCUT2D eigenvalue weighted by molar-refractivity contribution is 7.07. The second-order valence-corrected chi connectivity index (χ2v) is 4.62. The molecule has 0 aromatic carbocycles. The maximum absolute atomic E-state index is 5.14. The Hall–Kier alpha value is -1.06. The Kier molecular flexibility index (Phi) is 4.19. The predicted molar refractivity (Wildman–Crippen MR) is 67.8 cm³/mol. The number of nitrogens with one attached hydrogen (secondary N) is 1. The van der Waals surface area contributed by atoms with Crippen molar-refractivity contribution < 1.29 is 4.42 Å². The minimum Gasteiger partial charge on any atom is -0.472 e. The minimum atomic E-state index is 0.406. The molecule has 2 nitrogen and oxygen atoms in total. The molecule has 0 fully saturated rings. The van der Waals surface area contributed by atoms with Gasteiger partial charge in [0.15, 0.2) is 0 Å². The van der Waals surface area contributed by atoms with Crippen LogP contribution in [0.5, 0.6) is 0 Å². The Morgan fingerprint density at radius 2 is 2.38 bits per heavy atom. The number of hydrogen-bond acceptors (Lipinski definition) is 3. The predicted octanol–water partition coefficient (Wildman–Crippen LogP) is 3.62. The zero-order valence-corrected chi connectivity index (χ0v) is 10.3. The topological polar surface area (TPSA) is 25.2 Å². The van der Waals surface area contributed by atoms with Crippen LogP contribution >= 0.6 is 11.3 Å². The van der Waals surface area contributed by atoms with Crippen molar-refractivity contribution in [2.45, 2.75) is 25.8 Å². The van der Waals surface area contributed by atoms with Gasteiger partial charge in [0.05, 0.1) is 12.5 Å². The molecule has 1 atom stereocenters. The summed E-state index contributed by atoms with van der Waals surface area (Å²) in [4.78, 5) is 0. The molecular weight excluding hydrogens is 218 g/mol. The molecule has 16 heavy (non-hydrogen) atoms. The third-order valence-corrected chi connectivity index (χ3v) is 3.43. The highest BCUT2D eigenvalue weighted by Crippen LogP contribution is 2.20. The zero-order valence-electron chi connectivity index (χ0n) is 9.48. The van der Waals surface area contributed by atoms with Crippen molar-refractivity contribution in [3.8, 4) is 0 Å². The van der Waals surface area contributed by atoms with Crippen LogP contribution in [-0.4, -0.2) is 6.54 Å². The number of hydrogen-bond donors (Lipinski definition) is 1. The minimum absolute atomic E-state index is 0.406. The first-order chi connectivity index (χ1) is 7.90. The van der Waals surface area contributed by atoms with E-state index in [0.717, 1.165) is 19.4 Å². The molecule has 0 bridgehead atoms. The molecule has 0 amide bonds.